The molecule has 0 radical (unpaired) electrons. The van der Waals surface area contributed by atoms with E-state index in [0.29, 0.717) is 10.8 Å². The van der Waals surface area contributed by atoms with Gasteiger partial charge in [-0.15, -0.1) is 11.3 Å². The second kappa shape index (κ2) is 6.07. The van der Waals surface area contributed by atoms with Crippen LogP contribution in [0.15, 0.2) is 42.2 Å². The Morgan fingerprint density at radius 2 is 2.23 bits per heavy atom. The Morgan fingerprint density at radius 1 is 1.36 bits per heavy atom. The predicted molar refractivity (Wildman–Crippen MR) is 85.9 cm³/mol. The quantitative estimate of drug-likeness (QED) is 0.802. The van der Waals surface area contributed by atoms with Crippen LogP contribution in [0.4, 0.5) is 5.13 Å². The summed E-state index contributed by atoms with van der Waals surface area (Å²) in [5, 5.41) is 9.45. The van der Waals surface area contributed by atoms with E-state index in [0.717, 1.165) is 11.3 Å². The summed E-state index contributed by atoms with van der Waals surface area (Å²) >= 11 is 1.38. The third-order valence-corrected chi connectivity index (χ3v) is 3.81. The van der Waals surface area contributed by atoms with Gasteiger partial charge >= 0.3 is 0 Å². The molecule has 3 rings (SSSR count). The Hall–Kier alpha value is -2.54. The maximum atomic E-state index is 12.2. The van der Waals surface area contributed by atoms with Crippen LogP contribution in [0.25, 0.3) is 11.3 Å². The van der Waals surface area contributed by atoms with E-state index in [1.807, 2.05) is 31.4 Å². The molecule has 1 amide bonds. The van der Waals surface area contributed by atoms with Gasteiger partial charge in [-0.3, -0.25) is 19.8 Å². The first-order valence-corrected chi connectivity index (χ1v) is 7.74. The summed E-state index contributed by atoms with van der Waals surface area (Å²) in [5.41, 5.74) is 2.09. The number of aromatic nitrogens is 4. The summed E-state index contributed by atoms with van der Waals surface area (Å²) in [6, 6.07) is 5.70. The molecule has 22 heavy (non-hydrogen) atoms. The van der Waals surface area contributed by atoms with Gasteiger partial charge in [-0.05, 0) is 32.0 Å². The van der Waals surface area contributed by atoms with Crippen LogP contribution in [-0.2, 0) is 0 Å². The van der Waals surface area contributed by atoms with Crippen molar-refractivity contribution in [3.05, 3.63) is 47.9 Å². The summed E-state index contributed by atoms with van der Waals surface area (Å²) in [7, 11) is 0. The average molecular weight is 313 g/mol. The summed E-state index contributed by atoms with van der Waals surface area (Å²) in [6.45, 7) is 4.02. The van der Waals surface area contributed by atoms with E-state index in [1.165, 1.54) is 11.3 Å². The molecule has 0 bridgehead atoms. The minimum Gasteiger partial charge on any atom is -0.296 e. The van der Waals surface area contributed by atoms with Gasteiger partial charge in [0.05, 0.1) is 5.69 Å². The van der Waals surface area contributed by atoms with Crippen LogP contribution in [0, 0.1) is 0 Å². The van der Waals surface area contributed by atoms with Gasteiger partial charge < -0.3 is 0 Å². The van der Waals surface area contributed by atoms with Crippen molar-refractivity contribution >= 4 is 22.4 Å². The maximum absolute atomic E-state index is 12.2. The number of thiazole rings is 1. The Labute approximate surface area is 131 Å². The lowest BCUT2D eigenvalue weighted by Gasteiger charge is -2.03. The van der Waals surface area contributed by atoms with Crippen molar-refractivity contribution in [2.45, 2.75) is 19.9 Å². The van der Waals surface area contributed by atoms with Gasteiger partial charge in [0.15, 0.2) is 10.8 Å². The van der Waals surface area contributed by atoms with Gasteiger partial charge in [-0.2, -0.15) is 5.10 Å². The first kappa shape index (κ1) is 14.4. The normalized spacial score (nSPS) is 10.9. The summed E-state index contributed by atoms with van der Waals surface area (Å²) in [6.07, 6.45) is 5.25. The molecule has 0 aromatic carbocycles. The SMILES string of the molecule is CC(C)n1ccc(C(=O)Nc2nc(-c3cccnc3)cs2)n1. The van der Waals surface area contributed by atoms with Gasteiger partial charge in [0.25, 0.3) is 5.91 Å². The molecule has 6 nitrogen and oxygen atoms in total. The van der Waals surface area contributed by atoms with E-state index in [-0.39, 0.29) is 11.9 Å². The highest BCUT2D eigenvalue weighted by molar-refractivity contribution is 7.14. The van der Waals surface area contributed by atoms with E-state index in [2.05, 4.69) is 20.4 Å². The monoisotopic (exact) mass is 313 g/mol. The zero-order chi connectivity index (χ0) is 15.5. The number of carbonyl (C=O) groups is 1. The predicted octanol–water partition coefficient (Wildman–Crippen LogP) is 3.23. The molecule has 3 aromatic heterocycles. The molecule has 0 fully saturated rings. The molecule has 0 aliphatic rings. The van der Waals surface area contributed by atoms with Gasteiger partial charge in [0.1, 0.15) is 0 Å². The van der Waals surface area contributed by atoms with Crippen molar-refractivity contribution in [1.29, 1.82) is 0 Å². The Morgan fingerprint density at radius 3 is 2.91 bits per heavy atom. The van der Waals surface area contributed by atoms with Crippen molar-refractivity contribution in [3.63, 3.8) is 0 Å². The molecule has 0 atom stereocenters. The number of pyridine rings is 1. The summed E-state index contributed by atoms with van der Waals surface area (Å²) < 4.78 is 1.75. The molecule has 3 aromatic rings. The minimum absolute atomic E-state index is 0.221. The maximum Gasteiger partial charge on any atom is 0.277 e. The smallest absolute Gasteiger partial charge is 0.277 e. The largest absolute Gasteiger partial charge is 0.296 e. The van der Waals surface area contributed by atoms with Crippen LogP contribution >= 0.6 is 11.3 Å². The van der Waals surface area contributed by atoms with Crippen LogP contribution in [0.2, 0.25) is 0 Å². The molecule has 0 aliphatic heterocycles. The van der Waals surface area contributed by atoms with Crippen LogP contribution in [0.3, 0.4) is 0 Å². The first-order valence-electron chi connectivity index (χ1n) is 6.86. The number of hydrogen-bond acceptors (Lipinski definition) is 5. The molecule has 3 heterocycles. The van der Waals surface area contributed by atoms with E-state index in [4.69, 9.17) is 0 Å². The molecular formula is C15H15N5OS. The number of rotatable bonds is 4. The standard InChI is InChI=1S/C15H15N5OS/c1-10(2)20-7-5-12(19-20)14(21)18-15-17-13(9-22-15)11-4-3-6-16-8-11/h3-10H,1-2H3,(H,17,18,21). The Bertz CT molecular complexity index is 778. The van der Waals surface area contributed by atoms with Crippen LogP contribution in [0.5, 0.6) is 0 Å². The Balaban J connectivity index is 1.73. The third-order valence-electron chi connectivity index (χ3n) is 3.05. The van der Waals surface area contributed by atoms with Gasteiger partial charge in [-0.1, -0.05) is 0 Å². The van der Waals surface area contributed by atoms with Crippen LogP contribution < -0.4 is 5.32 Å². The lowest BCUT2D eigenvalue weighted by Crippen LogP contribution is -2.13. The van der Waals surface area contributed by atoms with Crippen molar-refractivity contribution in [1.82, 2.24) is 19.7 Å². The van der Waals surface area contributed by atoms with Gasteiger partial charge in [0, 0.05) is 35.6 Å². The van der Waals surface area contributed by atoms with Gasteiger partial charge in [0.2, 0.25) is 0 Å². The number of amides is 1. The molecule has 0 aliphatic carbocycles. The fraction of sp³-hybridized carbons (Fsp3) is 0.200. The van der Waals surface area contributed by atoms with Crippen molar-refractivity contribution in [3.8, 4) is 11.3 Å². The highest BCUT2D eigenvalue weighted by Gasteiger charge is 2.13. The molecule has 7 heteroatoms. The first-order chi connectivity index (χ1) is 10.6. The average Bonchev–Trinajstić information content (AvgIpc) is 3.17. The number of nitrogens with zero attached hydrogens (tertiary/aromatic N) is 4. The summed E-state index contributed by atoms with van der Waals surface area (Å²) in [4.78, 5) is 20.6. The minimum atomic E-state index is -0.258. The van der Waals surface area contributed by atoms with Crippen molar-refractivity contribution < 1.29 is 4.79 Å². The molecule has 112 valence electrons. The van der Waals surface area contributed by atoms with Gasteiger partial charge in [-0.25, -0.2) is 4.98 Å². The molecule has 1 N–H and O–H groups in total. The molecular weight excluding hydrogens is 298 g/mol. The zero-order valence-electron chi connectivity index (χ0n) is 12.2. The second-order valence-corrected chi connectivity index (χ2v) is 5.87. The fourth-order valence-electron chi connectivity index (χ4n) is 1.89. The zero-order valence-corrected chi connectivity index (χ0v) is 13.0. The molecule has 0 saturated heterocycles. The fourth-order valence-corrected chi connectivity index (χ4v) is 2.60. The molecule has 0 saturated carbocycles. The number of carbonyl (C=O) groups excluding carboxylic acids is 1. The van der Waals surface area contributed by atoms with Crippen molar-refractivity contribution in [2.75, 3.05) is 5.32 Å². The lowest BCUT2D eigenvalue weighted by atomic mass is 10.2. The van der Waals surface area contributed by atoms with E-state index in [1.54, 1.807) is 29.3 Å². The topological polar surface area (TPSA) is 72.7 Å². The molecule has 0 unspecified atom stereocenters. The van der Waals surface area contributed by atoms with E-state index >= 15 is 0 Å². The summed E-state index contributed by atoms with van der Waals surface area (Å²) in [5.74, 6) is -0.258. The van der Waals surface area contributed by atoms with E-state index < -0.39 is 0 Å². The Kier molecular flexibility index (Phi) is 3.97. The number of nitrogens with one attached hydrogen (secondary N) is 1. The van der Waals surface area contributed by atoms with Crippen LogP contribution in [-0.4, -0.2) is 25.7 Å². The third kappa shape index (κ3) is 3.04. The van der Waals surface area contributed by atoms with Crippen LogP contribution in [0.1, 0.15) is 30.4 Å². The number of hydrogen-bond donors (Lipinski definition) is 1. The second-order valence-electron chi connectivity index (χ2n) is 5.01. The molecule has 0 spiro atoms. The van der Waals surface area contributed by atoms with Crippen molar-refractivity contribution in [2.24, 2.45) is 0 Å². The highest BCUT2D eigenvalue weighted by atomic mass is 32.1. The van der Waals surface area contributed by atoms with E-state index in [9.17, 15) is 4.79 Å². The lowest BCUT2D eigenvalue weighted by molar-refractivity contribution is 0.102. The number of anilines is 1. The highest BCUT2D eigenvalue weighted by Crippen LogP contribution is 2.24.